The van der Waals surface area contributed by atoms with Gasteiger partial charge >= 0.3 is 5.97 Å². The predicted octanol–water partition coefficient (Wildman–Crippen LogP) is 3.80. The lowest BCUT2D eigenvalue weighted by Gasteiger charge is -2.35. The monoisotopic (exact) mass is 444 g/mol. The lowest BCUT2D eigenvalue weighted by molar-refractivity contribution is -0.144. The van der Waals surface area contributed by atoms with E-state index in [2.05, 4.69) is 22.8 Å². The summed E-state index contributed by atoms with van der Waals surface area (Å²) < 4.78 is 0. The van der Waals surface area contributed by atoms with Gasteiger partial charge in [-0.05, 0) is 69.4 Å². The van der Waals surface area contributed by atoms with Crippen LogP contribution in [0.5, 0.6) is 0 Å². The average molecular weight is 445 g/mol. The molecule has 1 saturated carbocycles. The number of hydrogen-bond acceptors (Lipinski definition) is 5. The number of carbonyl (C=O) groups excluding carboxylic acids is 1. The van der Waals surface area contributed by atoms with E-state index in [1.165, 1.54) is 12.0 Å². The fraction of sp³-hybridized carbons (Fsp3) is 0.720. The number of nitrogens with two attached hydrogens (primary N) is 1. The van der Waals surface area contributed by atoms with Crippen molar-refractivity contribution in [3.63, 3.8) is 0 Å². The van der Waals surface area contributed by atoms with Crippen LogP contribution in [0.25, 0.3) is 0 Å². The van der Waals surface area contributed by atoms with Gasteiger partial charge in [0.1, 0.15) is 11.9 Å². The number of carboxylic acid groups (broad SMARTS) is 1. The van der Waals surface area contributed by atoms with Crippen LogP contribution in [0.3, 0.4) is 0 Å². The van der Waals surface area contributed by atoms with Gasteiger partial charge in [-0.1, -0.05) is 38.7 Å². The molecule has 0 bridgehead atoms. The quantitative estimate of drug-likeness (QED) is 0.386. The molecule has 1 fully saturated rings. The zero-order valence-electron chi connectivity index (χ0n) is 19.5. The van der Waals surface area contributed by atoms with Crippen molar-refractivity contribution in [2.75, 3.05) is 11.9 Å². The van der Waals surface area contributed by atoms with Crippen molar-refractivity contribution in [3.8, 4) is 0 Å². The summed E-state index contributed by atoms with van der Waals surface area (Å²) in [5, 5.41) is 15.7. The summed E-state index contributed by atoms with van der Waals surface area (Å²) in [6.45, 7) is 2.94. The molecule has 3 rings (SSSR count). The van der Waals surface area contributed by atoms with E-state index in [4.69, 9.17) is 10.7 Å². The molecule has 0 aromatic carbocycles. The molecule has 0 unspecified atom stereocenters. The summed E-state index contributed by atoms with van der Waals surface area (Å²) in [6.07, 6.45) is 11.9. The van der Waals surface area contributed by atoms with Gasteiger partial charge < -0.3 is 21.5 Å². The first-order valence-electron chi connectivity index (χ1n) is 12.4. The zero-order valence-corrected chi connectivity index (χ0v) is 19.5. The number of aryl methyl sites for hydroxylation is 2. The van der Waals surface area contributed by atoms with Gasteiger partial charge in [0.15, 0.2) is 0 Å². The summed E-state index contributed by atoms with van der Waals surface area (Å²) in [4.78, 5) is 29.1. The second-order valence-corrected chi connectivity index (χ2v) is 9.91. The SMILES string of the molecule is CC1(C(=O)N[C@@H](CCCCCCCc2ccc3c(n2)NCCC3)C(=O)O)CCC(N)CC1. The number of unbranched alkanes of at least 4 members (excludes halogenated alkanes) is 4. The molecule has 7 heteroatoms. The predicted molar refractivity (Wildman–Crippen MR) is 127 cm³/mol. The number of rotatable bonds is 11. The summed E-state index contributed by atoms with van der Waals surface area (Å²) in [6, 6.07) is 3.70. The third-order valence-electron chi connectivity index (χ3n) is 7.16. The molecule has 1 amide bonds. The highest BCUT2D eigenvalue weighted by Gasteiger charge is 2.38. The average Bonchev–Trinajstić information content (AvgIpc) is 2.79. The molecule has 0 spiro atoms. The number of hydrogen-bond donors (Lipinski definition) is 4. The number of anilines is 1. The third-order valence-corrected chi connectivity index (χ3v) is 7.16. The smallest absolute Gasteiger partial charge is 0.326 e. The first-order valence-corrected chi connectivity index (χ1v) is 12.4. The van der Waals surface area contributed by atoms with Crippen LogP contribution in [0, 0.1) is 5.41 Å². The molecule has 7 nitrogen and oxygen atoms in total. The number of carboxylic acids is 1. The normalized spacial score (nSPS) is 23.6. The maximum Gasteiger partial charge on any atom is 0.326 e. The lowest BCUT2D eigenvalue weighted by Crippen LogP contribution is -2.49. The van der Waals surface area contributed by atoms with Crippen LogP contribution in [0.15, 0.2) is 12.1 Å². The molecule has 32 heavy (non-hydrogen) atoms. The highest BCUT2D eigenvalue weighted by Crippen LogP contribution is 2.35. The van der Waals surface area contributed by atoms with E-state index >= 15 is 0 Å². The van der Waals surface area contributed by atoms with E-state index in [0.717, 1.165) is 88.7 Å². The van der Waals surface area contributed by atoms with Gasteiger partial charge in [0, 0.05) is 23.7 Å². The van der Waals surface area contributed by atoms with Gasteiger partial charge in [-0.25, -0.2) is 9.78 Å². The van der Waals surface area contributed by atoms with Crippen molar-refractivity contribution in [2.45, 2.75) is 102 Å². The van der Waals surface area contributed by atoms with Crippen molar-refractivity contribution in [3.05, 3.63) is 23.4 Å². The number of amides is 1. The molecule has 0 saturated heterocycles. The Hall–Kier alpha value is -2.15. The van der Waals surface area contributed by atoms with E-state index in [1.54, 1.807) is 0 Å². The largest absolute Gasteiger partial charge is 0.480 e. The second kappa shape index (κ2) is 11.6. The molecular formula is C25H40N4O3. The van der Waals surface area contributed by atoms with Crippen LogP contribution in [-0.4, -0.2) is 40.6 Å². The topological polar surface area (TPSA) is 117 Å². The first kappa shape index (κ1) is 24.5. The standard InChI is InChI=1S/C25H40N4O3/c1-25(15-13-19(26)14-16-25)24(32)29-21(23(30)31)10-6-4-2-3-5-9-20-12-11-18-8-7-17-27-22(18)28-20/h11-12,19,21H,2-10,13-17,26H2,1H3,(H,27,28)(H,29,32)(H,30,31)/t19?,21-,25?/m0/s1. The molecule has 1 aromatic rings. The molecule has 5 N–H and O–H groups in total. The van der Waals surface area contributed by atoms with E-state index in [-0.39, 0.29) is 11.9 Å². The van der Waals surface area contributed by atoms with E-state index < -0.39 is 17.4 Å². The highest BCUT2D eigenvalue weighted by atomic mass is 16.4. The summed E-state index contributed by atoms with van der Waals surface area (Å²) in [7, 11) is 0. The van der Waals surface area contributed by atoms with Crippen LogP contribution < -0.4 is 16.4 Å². The van der Waals surface area contributed by atoms with Crippen molar-refractivity contribution in [1.82, 2.24) is 10.3 Å². The first-order chi connectivity index (χ1) is 15.4. The maximum absolute atomic E-state index is 12.7. The third kappa shape index (κ3) is 6.92. The molecule has 1 atom stereocenters. The maximum atomic E-state index is 12.7. The van der Waals surface area contributed by atoms with Crippen molar-refractivity contribution < 1.29 is 14.7 Å². The van der Waals surface area contributed by atoms with Gasteiger partial charge in [0.2, 0.25) is 5.91 Å². The minimum atomic E-state index is -0.943. The van der Waals surface area contributed by atoms with Crippen LogP contribution in [0.4, 0.5) is 5.82 Å². The number of pyridine rings is 1. The number of aliphatic carboxylic acids is 1. The summed E-state index contributed by atoms with van der Waals surface area (Å²) >= 11 is 0. The molecule has 1 aromatic heterocycles. The number of nitrogens with one attached hydrogen (secondary N) is 2. The van der Waals surface area contributed by atoms with Crippen LogP contribution in [0.1, 0.15) is 88.8 Å². The van der Waals surface area contributed by atoms with Gasteiger partial charge in [0.05, 0.1) is 0 Å². The van der Waals surface area contributed by atoms with E-state index in [0.29, 0.717) is 6.42 Å². The summed E-state index contributed by atoms with van der Waals surface area (Å²) in [5.41, 5.74) is 7.92. The Balaban J connectivity index is 1.32. The number of fused-ring (bicyclic) bond motifs is 1. The van der Waals surface area contributed by atoms with Crippen LogP contribution in [-0.2, 0) is 22.4 Å². The molecule has 178 valence electrons. The number of aromatic nitrogens is 1. The Labute approximate surface area is 191 Å². The summed E-state index contributed by atoms with van der Waals surface area (Å²) in [5.74, 6) is -0.0224. The van der Waals surface area contributed by atoms with E-state index in [9.17, 15) is 14.7 Å². The Bertz CT molecular complexity index is 774. The number of nitrogens with zero attached hydrogens (tertiary/aromatic N) is 1. The highest BCUT2D eigenvalue weighted by molar-refractivity contribution is 5.87. The van der Waals surface area contributed by atoms with Crippen LogP contribution in [0.2, 0.25) is 0 Å². The van der Waals surface area contributed by atoms with Crippen molar-refractivity contribution >= 4 is 17.7 Å². The Morgan fingerprint density at radius 1 is 1.22 bits per heavy atom. The molecule has 2 heterocycles. The Morgan fingerprint density at radius 3 is 2.69 bits per heavy atom. The Morgan fingerprint density at radius 2 is 1.94 bits per heavy atom. The van der Waals surface area contributed by atoms with Gasteiger partial charge in [-0.15, -0.1) is 0 Å². The molecule has 1 aliphatic heterocycles. The van der Waals surface area contributed by atoms with Crippen LogP contribution >= 0.6 is 0 Å². The van der Waals surface area contributed by atoms with Crippen molar-refractivity contribution in [1.29, 1.82) is 0 Å². The lowest BCUT2D eigenvalue weighted by atomic mass is 9.73. The molecule has 0 radical (unpaired) electrons. The Kier molecular flexibility index (Phi) is 8.91. The number of carbonyl (C=O) groups is 2. The van der Waals surface area contributed by atoms with Gasteiger partial charge in [-0.3, -0.25) is 4.79 Å². The fourth-order valence-electron chi connectivity index (χ4n) is 4.79. The van der Waals surface area contributed by atoms with Crippen molar-refractivity contribution in [2.24, 2.45) is 11.1 Å². The molecule has 1 aliphatic carbocycles. The molecular weight excluding hydrogens is 404 g/mol. The minimum Gasteiger partial charge on any atom is -0.480 e. The van der Waals surface area contributed by atoms with Gasteiger partial charge in [-0.2, -0.15) is 0 Å². The second-order valence-electron chi connectivity index (χ2n) is 9.91. The minimum absolute atomic E-state index is 0.135. The van der Waals surface area contributed by atoms with E-state index in [1.807, 2.05) is 6.92 Å². The molecule has 2 aliphatic rings. The fourth-order valence-corrected chi connectivity index (χ4v) is 4.79. The zero-order chi connectivity index (χ0) is 23.0. The van der Waals surface area contributed by atoms with Gasteiger partial charge in [0.25, 0.3) is 0 Å².